The van der Waals surface area contributed by atoms with E-state index in [2.05, 4.69) is 22.6 Å². The fraction of sp³-hybridized carbons (Fsp3) is 0.667. The van der Waals surface area contributed by atoms with Crippen molar-refractivity contribution in [3.05, 3.63) is 16.1 Å². The van der Waals surface area contributed by atoms with Gasteiger partial charge in [0.1, 0.15) is 0 Å². The van der Waals surface area contributed by atoms with Gasteiger partial charge in [-0.25, -0.2) is 4.98 Å². The molecule has 2 atom stereocenters. The molecule has 3 rings (SSSR count). The van der Waals surface area contributed by atoms with E-state index in [-0.39, 0.29) is 0 Å². The highest BCUT2D eigenvalue weighted by atomic mass is 32.1. The highest BCUT2D eigenvalue weighted by Gasteiger charge is 2.54. The van der Waals surface area contributed by atoms with Gasteiger partial charge in [-0.15, -0.1) is 11.3 Å². The van der Waals surface area contributed by atoms with Gasteiger partial charge in [0.25, 0.3) is 0 Å². The first-order valence-electron chi connectivity index (χ1n) is 4.49. The second-order valence-electron chi connectivity index (χ2n) is 3.80. The zero-order valence-corrected chi connectivity index (χ0v) is 7.90. The zero-order chi connectivity index (χ0) is 8.13. The van der Waals surface area contributed by atoms with Crippen LogP contribution in [-0.4, -0.2) is 18.1 Å². The third-order valence-corrected chi connectivity index (χ3v) is 3.86. The Morgan fingerprint density at radius 1 is 1.50 bits per heavy atom. The number of thiazole rings is 1. The van der Waals surface area contributed by atoms with E-state index in [9.17, 15) is 0 Å². The van der Waals surface area contributed by atoms with Gasteiger partial charge in [0.15, 0.2) is 0 Å². The number of aromatic nitrogens is 1. The molecule has 1 aliphatic carbocycles. The Hall–Kier alpha value is -0.410. The van der Waals surface area contributed by atoms with Crippen molar-refractivity contribution in [3.8, 4) is 0 Å². The van der Waals surface area contributed by atoms with Crippen LogP contribution >= 0.6 is 11.3 Å². The molecular formula is C9H12N2S. The van der Waals surface area contributed by atoms with Crippen LogP contribution in [0.25, 0.3) is 0 Å². The van der Waals surface area contributed by atoms with E-state index in [1.54, 1.807) is 11.3 Å². The van der Waals surface area contributed by atoms with Crippen LogP contribution < -0.4 is 5.32 Å². The Labute approximate surface area is 76.0 Å². The summed E-state index contributed by atoms with van der Waals surface area (Å²) in [5.41, 5.74) is 1.36. The monoisotopic (exact) mass is 180 g/mol. The van der Waals surface area contributed by atoms with Gasteiger partial charge in [0.05, 0.1) is 10.7 Å². The molecule has 12 heavy (non-hydrogen) atoms. The first-order valence-corrected chi connectivity index (χ1v) is 5.37. The van der Waals surface area contributed by atoms with E-state index in [0.717, 1.165) is 17.8 Å². The molecule has 1 aromatic heterocycles. The first kappa shape index (κ1) is 7.04. The summed E-state index contributed by atoms with van der Waals surface area (Å²) in [6, 6.07) is 0. The average molecular weight is 180 g/mol. The van der Waals surface area contributed by atoms with Crippen LogP contribution in [0.1, 0.15) is 16.6 Å². The molecule has 0 bridgehead atoms. The lowest BCUT2D eigenvalue weighted by molar-refractivity contribution is 0.676. The maximum atomic E-state index is 4.55. The average Bonchev–Trinajstić information content (AvgIpc) is 2.55. The van der Waals surface area contributed by atoms with Crippen molar-refractivity contribution < 1.29 is 0 Å². The smallest absolute Gasteiger partial charge is 0.0897 e. The molecule has 2 nitrogen and oxygen atoms in total. The Morgan fingerprint density at radius 2 is 2.25 bits per heavy atom. The van der Waals surface area contributed by atoms with Gasteiger partial charge >= 0.3 is 0 Å². The number of nitrogens with zero attached hydrogens (tertiary/aromatic N) is 1. The summed E-state index contributed by atoms with van der Waals surface area (Å²) in [6.07, 6.45) is 0. The van der Waals surface area contributed by atoms with Gasteiger partial charge in [-0.3, -0.25) is 0 Å². The van der Waals surface area contributed by atoms with Crippen molar-refractivity contribution in [2.75, 3.05) is 13.1 Å². The van der Waals surface area contributed by atoms with Crippen molar-refractivity contribution >= 4 is 11.3 Å². The summed E-state index contributed by atoms with van der Waals surface area (Å²) in [4.78, 5) is 4.55. The molecule has 2 unspecified atom stereocenters. The third kappa shape index (κ3) is 0.866. The molecule has 0 amide bonds. The highest BCUT2D eigenvalue weighted by molar-refractivity contribution is 7.09. The van der Waals surface area contributed by atoms with E-state index in [0.29, 0.717) is 0 Å². The standard InChI is InChI=1S/C9H12N2S/c1-5-11-8(4-12-5)9-6-2-10-3-7(6)9/h4,6-7,9-10H,2-3H2,1H3. The van der Waals surface area contributed by atoms with Crippen LogP contribution in [0.5, 0.6) is 0 Å². The Morgan fingerprint density at radius 3 is 2.83 bits per heavy atom. The van der Waals surface area contributed by atoms with Gasteiger partial charge in [-0.2, -0.15) is 0 Å². The quantitative estimate of drug-likeness (QED) is 0.706. The van der Waals surface area contributed by atoms with Gasteiger partial charge in [-0.1, -0.05) is 0 Å². The molecule has 1 aliphatic heterocycles. The van der Waals surface area contributed by atoms with Gasteiger partial charge < -0.3 is 5.32 Å². The number of rotatable bonds is 1. The van der Waals surface area contributed by atoms with Crippen molar-refractivity contribution in [2.24, 2.45) is 11.8 Å². The molecule has 2 aliphatic rings. The summed E-state index contributed by atoms with van der Waals surface area (Å²) in [7, 11) is 0. The minimum Gasteiger partial charge on any atom is -0.316 e. The van der Waals surface area contributed by atoms with Gasteiger partial charge in [0, 0.05) is 11.3 Å². The molecule has 2 heterocycles. The molecule has 1 saturated carbocycles. The van der Waals surface area contributed by atoms with E-state index < -0.39 is 0 Å². The van der Waals surface area contributed by atoms with Crippen LogP contribution in [0, 0.1) is 18.8 Å². The second-order valence-corrected chi connectivity index (χ2v) is 4.87. The van der Waals surface area contributed by atoms with Crippen LogP contribution in [-0.2, 0) is 0 Å². The van der Waals surface area contributed by atoms with Crippen LogP contribution in [0.2, 0.25) is 0 Å². The zero-order valence-electron chi connectivity index (χ0n) is 7.08. The third-order valence-electron chi connectivity index (χ3n) is 3.07. The van der Waals surface area contributed by atoms with E-state index in [4.69, 9.17) is 0 Å². The van der Waals surface area contributed by atoms with Crippen LogP contribution in [0.4, 0.5) is 0 Å². The Balaban J connectivity index is 1.84. The Bertz CT molecular complexity index is 297. The predicted octanol–water partition coefficient (Wildman–Crippen LogP) is 1.38. The lowest BCUT2D eigenvalue weighted by Crippen LogP contribution is -2.14. The number of fused-ring (bicyclic) bond motifs is 1. The minimum atomic E-state index is 0.802. The molecule has 2 fully saturated rings. The van der Waals surface area contributed by atoms with Crippen molar-refractivity contribution in [3.63, 3.8) is 0 Å². The largest absolute Gasteiger partial charge is 0.316 e. The molecule has 0 radical (unpaired) electrons. The molecular weight excluding hydrogens is 168 g/mol. The van der Waals surface area contributed by atoms with Crippen LogP contribution in [0.3, 0.4) is 0 Å². The van der Waals surface area contributed by atoms with Crippen molar-refractivity contribution in [2.45, 2.75) is 12.8 Å². The molecule has 0 spiro atoms. The summed E-state index contributed by atoms with van der Waals surface area (Å²) < 4.78 is 0. The van der Waals surface area contributed by atoms with Crippen molar-refractivity contribution in [1.82, 2.24) is 10.3 Å². The summed E-state index contributed by atoms with van der Waals surface area (Å²) in [5, 5.41) is 6.85. The normalized spacial score (nSPS) is 38.2. The maximum absolute atomic E-state index is 4.55. The number of hydrogen-bond donors (Lipinski definition) is 1. The van der Waals surface area contributed by atoms with E-state index in [1.807, 2.05) is 0 Å². The van der Waals surface area contributed by atoms with Crippen LogP contribution in [0.15, 0.2) is 5.38 Å². The topological polar surface area (TPSA) is 24.9 Å². The number of piperidine rings is 1. The molecule has 1 aromatic rings. The van der Waals surface area contributed by atoms with E-state index >= 15 is 0 Å². The first-order chi connectivity index (χ1) is 5.86. The lowest BCUT2D eigenvalue weighted by Gasteiger charge is -1.99. The predicted molar refractivity (Wildman–Crippen MR) is 49.4 cm³/mol. The highest BCUT2D eigenvalue weighted by Crippen LogP contribution is 2.55. The number of hydrogen-bond acceptors (Lipinski definition) is 3. The fourth-order valence-corrected chi connectivity index (χ4v) is 3.05. The lowest BCUT2D eigenvalue weighted by atomic mass is 10.2. The van der Waals surface area contributed by atoms with E-state index in [1.165, 1.54) is 23.8 Å². The molecule has 1 saturated heterocycles. The number of nitrogens with one attached hydrogen (secondary N) is 1. The molecule has 1 N–H and O–H groups in total. The number of aryl methyl sites for hydroxylation is 1. The maximum Gasteiger partial charge on any atom is 0.0897 e. The summed E-state index contributed by atoms with van der Waals surface area (Å²) in [5.74, 6) is 2.62. The Kier molecular flexibility index (Phi) is 1.35. The SMILES string of the molecule is Cc1nc(C2C3CNCC32)cs1. The molecule has 64 valence electrons. The van der Waals surface area contributed by atoms with Gasteiger partial charge in [0.2, 0.25) is 0 Å². The minimum absolute atomic E-state index is 0.802. The molecule has 3 heteroatoms. The fourth-order valence-electron chi connectivity index (χ4n) is 2.39. The van der Waals surface area contributed by atoms with Gasteiger partial charge in [-0.05, 0) is 31.8 Å². The van der Waals surface area contributed by atoms with Crippen molar-refractivity contribution in [1.29, 1.82) is 0 Å². The summed E-state index contributed by atoms with van der Waals surface area (Å²) in [6.45, 7) is 4.52. The molecule has 0 aromatic carbocycles. The summed E-state index contributed by atoms with van der Waals surface area (Å²) >= 11 is 1.78. The second kappa shape index (κ2) is 2.30.